The summed E-state index contributed by atoms with van der Waals surface area (Å²) in [5.74, 6) is 0.186. The second-order valence-electron chi connectivity index (χ2n) is 6.80. The third-order valence-corrected chi connectivity index (χ3v) is 5.24. The van der Waals surface area contributed by atoms with Gasteiger partial charge in [0.15, 0.2) is 0 Å². The van der Waals surface area contributed by atoms with Crippen LogP contribution in [0.1, 0.15) is 39.0 Å². The summed E-state index contributed by atoms with van der Waals surface area (Å²) in [6.07, 6.45) is 6.19. The molecule has 0 aromatic carbocycles. The van der Waals surface area contributed by atoms with Gasteiger partial charge in [-0.05, 0) is 52.2 Å². The molecule has 0 aromatic heterocycles. The molecule has 1 amide bonds. The van der Waals surface area contributed by atoms with E-state index < -0.39 is 0 Å². The lowest BCUT2D eigenvalue weighted by Crippen LogP contribution is -2.60. The van der Waals surface area contributed by atoms with Crippen LogP contribution in [-0.4, -0.2) is 73.2 Å². The zero-order valence-corrected chi connectivity index (χ0v) is 14.4. The summed E-state index contributed by atoms with van der Waals surface area (Å²) in [6, 6.07) is 0.904. The fourth-order valence-corrected chi connectivity index (χ4v) is 3.93. The van der Waals surface area contributed by atoms with Gasteiger partial charge >= 0.3 is 0 Å². The summed E-state index contributed by atoms with van der Waals surface area (Å²) in [7, 11) is 0. The number of hydrogen-bond acceptors (Lipinski definition) is 4. The second-order valence-corrected chi connectivity index (χ2v) is 6.80. The molecule has 6 heteroatoms. The first-order chi connectivity index (χ1) is 10.2. The lowest BCUT2D eigenvalue weighted by molar-refractivity contribution is -0.145. The van der Waals surface area contributed by atoms with Gasteiger partial charge in [0.2, 0.25) is 5.91 Å². The number of fused-ring (bicyclic) bond motifs is 1. The minimum atomic E-state index is 0. The minimum Gasteiger partial charge on any atom is -0.368 e. The molecule has 0 saturated carbocycles. The fourth-order valence-electron chi connectivity index (χ4n) is 3.93. The number of carbonyl (C=O) groups excluding carboxylic acids is 1. The number of nitrogens with one attached hydrogen (secondary N) is 1. The molecule has 2 unspecified atom stereocenters. The number of piperazine rings is 1. The van der Waals surface area contributed by atoms with Crippen molar-refractivity contribution in [1.82, 2.24) is 15.1 Å². The van der Waals surface area contributed by atoms with Gasteiger partial charge in [0.1, 0.15) is 6.61 Å². The van der Waals surface area contributed by atoms with Gasteiger partial charge in [-0.2, -0.15) is 0 Å². The Morgan fingerprint density at radius 2 is 1.95 bits per heavy atom. The molecule has 3 rings (SSSR count). The highest BCUT2D eigenvalue weighted by molar-refractivity contribution is 5.85. The molecule has 0 radical (unpaired) electrons. The van der Waals surface area contributed by atoms with E-state index in [-0.39, 0.29) is 31.0 Å². The number of nitrogens with zero attached hydrogens (tertiary/aromatic N) is 2. The van der Waals surface area contributed by atoms with Crippen molar-refractivity contribution in [3.8, 4) is 0 Å². The molecule has 3 heterocycles. The molecule has 22 heavy (non-hydrogen) atoms. The maximum atomic E-state index is 12.5. The zero-order valence-electron chi connectivity index (χ0n) is 13.6. The molecule has 2 atom stereocenters. The van der Waals surface area contributed by atoms with Crippen molar-refractivity contribution in [3.05, 3.63) is 0 Å². The van der Waals surface area contributed by atoms with E-state index in [1.165, 1.54) is 25.8 Å². The van der Waals surface area contributed by atoms with E-state index in [1.807, 2.05) is 0 Å². The van der Waals surface area contributed by atoms with Crippen molar-refractivity contribution in [2.24, 2.45) is 0 Å². The van der Waals surface area contributed by atoms with E-state index in [4.69, 9.17) is 4.74 Å². The molecular formula is C16H30ClN3O2. The highest BCUT2D eigenvalue weighted by atomic mass is 35.5. The normalized spacial score (nSPS) is 30.5. The minimum absolute atomic E-state index is 0. The van der Waals surface area contributed by atoms with Crippen LogP contribution in [0.15, 0.2) is 0 Å². The Labute approximate surface area is 140 Å². The van der Waals surface area contributed by atoms with Crippen molar-refractivity contribution < 1.29 is 9.53 Å². The van der Waals surface area contributed by atoms with Crippen molar-refractivity contribution in [3.63, 3.8) is 0 Å². The number of amides is 1. The zero-order chi connectivity index (χ0) is 14.7. The number of ether oxygens (including phenoxy) is 1. The van der Waals surface area contributed by atoms with Gasteiger partial charge in [0, 0.05) is 25.2 Å². The van der Waals surface area contributed by atoms with Gasteiger partial charge in [0.05, 0.1) is 6.10 Å². The summed E-state index contributed by atoms with van der Waals surface area (Å²) in [5, 5.41) is 3.32. The van der Waals surface area contributed by atoms with Gasteiger partial charge in [0.25, 0.3) is 0 Å². The predicted molar refractivity (Wildman–Crippen MR) is 89.5 cm³/mol. The van der Waals surface area contributed by atoms with E-state index in [0.29, 0.717) is 12.1 Å². The van der Waals surface area contributed by atoms with Crippen LogP contribution in [0.2, 0.25) is 0 Å². The van der Waals surface area contributed by atoms with Crippen LogP contribution in [0.4, 0.5) is 0 Å². The van der Waals surface area contributed by atoms with Gasteiger partial charge in [-0.25, -0.2) is 0 Å². The van der Waals surface area contributed by atoms with Crippen molar-refractivity contribution >= 4 is 18.3 Å². The smallest absolute Gasteiger partial charge is 0.248 e. The molecule has 3 aliphatic heterocycles. The summed E-state index contributed by atoms with van der Waals surface area (Å²) in [4.78, 5) is 17.1. The van der Waals surface area contributed by atoms with Crippen LogP contribution in [0, 0.1) is 0 Å². The number of rotatable bonds is 3. The first kappa shape index (κ1) is 18.0. The van der Waals surface area contributed by atoms with Gasteiger partial charge in [-0.1, -0.05) is 6.42 Å². The molecule has 128 valence electrons. The van der Waals surface area contributed by atoms with Crippen molar-refractivity contribution in [2.75, 3.05) is 39.3 Å². The van der Waals surface area contributed by atoms with Crippen molar-refractivity contribution in [1.29, 1.82) is 0 Å². The quantitative estimate of drug-likeness (QED) is 0.845. The Bertz CT molecular complexity index is 363. The number of carbonyl (C=O) groups is 1. The Hall–Kier alpha value is -0.360. The first-order valence-electron chi connectivity index (χ1n) is 8.60. The molecule has 1 N–H and O–H groups in total. The molecule has 0 bridgehead atoms. The maximum Gasteiger partial charge on any atom is 0.248 e. The first-order valence-corrected chi connectivity index (χ1v) is 8.60. The van der Waals surface area contributed by atoms with E-state index in [2.05, 4.69) is 22.0 Å². The van der Waals surface area contributed by atoms with E-state index in [9.17, 15) is 4.79 Å². The summed E-state index contributed by atoms with van der Waals surface area (Å²) < 4.78 is 5.84. The standard InChI is InChI=1S/C16H29N3O2.ClH/c1-13-10-18-9-3-2-4-14(18)11-19(13)16(20)12-21-15-5-7-17-8-6-15;/h13-15,17H,2-12H2,1H3;1H. The van der Waals surface area contributed by atoms with Crippen LogP contribution in [0.25, 0.3) is 0 Å². The van der Waals surface area contributed by atoms with Crippen molar-refractivity contribution in [2.45, 2.75) is 57.2 Å². The van der Waals surface area contributed by atoms with Gasteiger partial charge in [-0.3, -0.25) is 9.69 Å². The van der Waals surface area contributed by atoms with Crippen LogP contribution >= 0.6 is 12.4 Å². The Kier molecular flexibility index (Phi) is 6.93. The molecule has 3 fully saturated rings. The van der Waals surface area contributed by atoms with E-state index in [1.54, 1.807) is 0 Å². The monoisotopic (exact) mass is 331 g/mol. The average Bonchev–Trinajstić information content (AvgIpc) is 2.53. The number of halogens is 1. The topological polar surface area (TPSA) is 44.8 Å². The lowest BCUT2D eigenvalue weighted by atomic mass is 9.97. The van der Waals surface area contributed by atoms with E-state index in [0.717, 1.165) is 39.0 Å². The third kappa shape index (κ3) is 4.34. The Morgan fingerprint density at radius 1 is 1.18 bits per heavy atom. The molecular weight excluding hydrogens is 302 g/mol. The number of piperidine rings is 2. The summed E-state index contributed by atoms with van der Waals surface area (Å²) in [5.41, 5.74) is 0. The Morgan fingerprint density at radius 3 is 2.73 bits per heavy atom. The molecule has 0 spiro atoms. The molecule has 3 aliphatic rings. The molecule has 0 aromatic rings. The van der Waals surface area contributed by atoms with E-state index >= 15 is 0 Å². The second kappa shape index (κ2) is 8.48. The molecule has 5 nitrogen and oxygen atoms in total. The largest absolute Gasteiger partial charge is 0.368 e. The Balaban J connectivity index is 0.00000176. The maximum absolute atomic E-state index is 12.5. The van der Waals surface area contributed by atoms with Gasteiger partial charge < -0.3 is 15.0 Å². The molecule has 3 saturated heterocycles. The van der Waals surface area contributed by atoms with Crippen LogP contribution in [0.5, 0.6) is 0 Å². The number of hydrogen-bond donors (Lipinski definition) is 1. The van der Waals surface area contributed by atoms with Crippen LogP contribution in [0.3, 0.4) is 0 Å². The summed E-state index contributed by atoms with van der Waals surface area (Å²) >= 11 is 0. The fraction of sp³-hybridized carbons (Fsp3) is 0.938. The lowest BCUT2D eigenvalue weighted by Gasteiger charge is -2.47. The highest BCUT2D eigenvalue weighted by Gasteiger charge is 2.35. The third-order valence-electron chi connectivity index (χ3n) is 5.24. The van der Waals surface area contributed by atoms with Gasteiger partial charge in [-0.15, -0.1) is 12.4 Å². The van der Waals surface area contributed by atoms with Crippen LogP contribution in [-0.2, 0) is 9.53 Å². The predicted octanol–water partition coefficient (Wildman–Crippen LogP) is 1.26. The summed E-state index contributed by atoms with van der Waals surface area (Å²) in [6.45, 7) is 7.60. The van der Waals surface area contributed by atoms with Crippen LogP contribution < -0.4 is 5.32 Å². The SMILES string of the molecule is CC1CN2CCCCC2CN1C(=O)COC1CCNCC1.Cl. The average molecular weight is 332 g/mol. The molecule has 0 aliphatic carbocycles. The highest BCUT2D eigenvalue weighted by Crippen LogP contribution is 2.24.